The highest BCUT2D eigenvalue weighted by Crippen LogP contribution is 2.40. The third kappa shape index (κ3) is 3.08. The van der Waals surface area contributed by atoms with E-state index >= 15 is 0 Å². The van der Waals surface area contributed by atoms with E-state index in [4.69, 9.17) is 9.47 Å². The number of anilines is 1. The summed E-state index contributed by atoms with van der Waals surface area (Å²) < 4.78 is 51.0. The highest BCUT2D eigenvalue weighted by atomic mass is 19.4. The molecule has 0 radical (unpaired) electrons. The summed E-state index contributed by atoms with van der Waals surface area (Å²) in [7, 11) is 3.15. The van der Waals surface area contributed by atoms with Crippen LogP contribution in [0.1, 0.15) is 30.3 Å². The van der Waals surface area contributed by atoms with Gasteiger partial charge in [0.25, 0.3) is 5.82 Å². The second-order valence-corrected chi connectivity index (χ2v) is 6.44. The molecule has 1 fully saturated rings. The third-order valence-electron chi connectivity index (χ3n) is 4.85. The summed E-state index contributed by atoms with van der Waals surface area (Å²) in [6.07, 6.45) is -2.92. The van der Waals surface area contributed by atoms with Gasteiger partial charge in [0.05, 0.1) is 20.3 Å². The van der Waals surface area contributed by atoms with Crippen LogP contribution in [0.25, 0.3) is 5.65 Å². The molecule has 1 unspecified atom stereocenters. The second kappa shape index (κ2) is 6.84. The Morgan fingerprint density at radius 1 is 1.07 bits per heavy atom. The van der Waals surface area contributed by atoms with Crippen molar-refractivity contribution in [3.63, 3.8) is 0 Å². The van der Waals surface area contributed by atoms with Gasteiger partial charge in [-0.05, 0) is 37.1 Å². The Morgan fingerprint density at radius 3 is 2.61 bits per heavy atom. The summed E-state index contributed by atoms with van der Waals surface area (Å²) in [6.45, 7) is 0.668. The molecule has 1 aliphatic heterocycles. The molecular formula is C18H18F3N5O2. The molecule has 0 bridgehead atoms. The minimum absolute atomic E-state index is 0.0499. The zero-order valence-electron chi connectivity index (χ0n) is 15.3. The Hall–Kier alpha value is -3.04. The van der Waals surface area contributed by atoms with E-state index in [2.05, 4.69) is 15.3 Å². The van der Waals surface area contributed by atoms with E-state index in [1.54, 1.807) is 26.4 Å². The SMILES string of the molecule is COc1ccc(C2CCCN2c2ccc3nnc(C(F)(F)F)n3n2)c(OC)c1. The number of halogens is 3. The number of hydrogen-bond donors (Lipinski definition) is 0. The minimum Gasteiger partial charge on any atom is -0.497 e. The molecule has 4 rings (SSSR count). The van der Waals surface area contributed by atoms with E-state index in [1.807, 2.05) is 17.0 Å². The van der Waals surface area contributed by atoms with E-state index in [-0.39, 0.29) is 11.7 Å². The first kappa shape index (κ1) is 18.3. The molecule has 28 heavy (non-hydrogen) atoms. The van der Waals surface area contributed by atoms with Gasteiger partial charge in [-0.15, -0.1) is 15.3 Å². The highest BCUT2D eigenvalue weighted by Gasteiger charge is 2.38. The number of benzene rings is 1. The molecule has 7 nitrogen and oxygen atoms in total. The molecule has 2 aromatic heterocycles. The number of aromatic nitrogens is 4. The van der Waals surface area contributed by atoms with E-state index in [1.165, 1.54) is 6.07 Å². The van der Waals surface area contributed by atoms with Crippen molar-refractivity contribution in [2.24, 2.45) is 0 Å². The highest BCUT2D eigenvalue weighted by molar-refractivity contribution is 5.52. The quantitative estimate of drug-likeness (QED) is 0.676. The van der Waals surface area contributed by atoms with Crippen LogP contribution in [0.4, 0.5) is 19.0 Å². The van der Waals surface area contributed by atoms with E-state index in [0.29, 0.717) is 23.9 Å². The maximum atomic E-state index is 13.2. The van der Waals surface area contributed by atoms with Crippen molar-refractivity contribution >= 4 is 11.5 Å². The molecule has 3 heterocycles. The van der Waals surface area contributed by atoms with Gasteiger partial charge in [0.15, 0.2) is 5.65 Å². The lowest BCUT2D eigenvalue weighted by Gasteiger charge is -2.27. The van der Waals surface area contributed by atoms with Gasteiger partial charge >= 0.3 is 6.18 Å². The van der Waals surface area contributed by atoms with Crippen molar-refractivity contribution in [1.82, 2.24) is 19.8 Å². The van der Waals surface area contributed by atoms with Gasteiger partial charge in [-0.25, -0.2) is 0 Å². The maximum Gasteiger partial charge on any atom is 0.453 e. The number of fused-ring (bicyclic) bond motifs is 1. The second-order valence-electron chi connectivity index (χ2n) is 6.44. The predicted octanol–water partition coefficient (Wildman–Crippen LogP) is 3.50. The number of rotatable bonds is 4. The first-order valence-corrected chi connectivity index (χ1v) is 8.70. The molecule has 0 spiro atoms. The first-order valence-electron chi connectivity index (χ1n) is 8.70. The van der Waals surface area contributed by atoms with Crippen LogP contribution in [0.5, 0.6) is 11.5 Å². The normalized spacial score (nSPS) is 17.3. The molecule has 1 atom stereocenters. The zero-order valence-corrected chi connectivity index (χ0v) is 15.3. The fourth-order valence-electron chi connectivity index (χ4n) is 3.57. The monoisotopic (exact) mass is 393 g/mol. The molecule has 10 heteroatoms. The van der Waals surface area contributed by atoms with Gasteiger partial charge in [-0.2, -0.15) is 17.7 Å². The summed E-state index contributed by atoms with van der Waals surface area (Å²) in [6, 6.07) is 8.64. The Labute approximate surface area is 158 Å². The summed E-state index contributed by atoms with van der Waals surface area (Å²) in [5.74, 6) is 0.627. The van der Waals surface area contributed by atoms with Crippen LogP contribution < -0.4 is 14.4 Å². The number of ether oxygens (including phenoxy) is 2. The lowest BCUT2D eigenvalue weighted by atomic mass is 10.0. The molecule has 0 N–H and O–H groups in total. The molecular weight excluding hydrogens is 375 g/mol. The summed E-state index contributed by atoms with van der Waals surface area (Å²) in [4.78, 5) is 1.98. The molecule has 3 aromatic rings. The zero-order chi connectivity index (χ0) is 19.9. The summed E-state index contributed by atoms with van der Waals surface area (Å²) in [5.41, 5.74) is 0.983. The van der Waals surface area contributed by atoms with Gasteiger partial charge in [0, 0.05) is 18.2 Å². The van der Waals surface area contributed by atoms with E-state index < -0.39 is 12.0 Å². The fraction of sp³-hybridized carbons (Fsp3) is 0.389. The topological polar surface area (TPSA) is 64.8 Å². The molecule has 0 aliphatic carbocycles. The average molecular weight is 393 g/mol. The standard InChI is InChI=1S/C18H18F3N5O2/c1-27-11-5-6-12(14(10-11)28-2)13-4-3-9-25(13)16-8-7-15-22-23-17(18(19,20)21)26(15)24-16/h5-8,10,13H,3-4,9H2,1-2H3. The molecule has 1 saturated heterocycles. The lowest BCUT2D eigenvalue weighted by Crippen LogP contribution is -2.25. The van der Waals surface area contributed by atoms with Gasteiger partial charge in [0.1, 0.15) is 17.3 Å². The van der Waals surface area contributed by atoms with Crippen LogP contribution in [-0.2, 0) is 6.18 Å². The van der Waals surface area contributed by atoms with Gasteiger partial charge < -0.3 is 14.4 Å². The van der Waals surface area contributed by atoms with Crippen LogP contribution in [0.15, 0.2) is 30.3 Å². The summed E-state index contributed by atoms with van der Waals surface area (Å²) in [5, 5.41) is 11.0. The van der Waals surface area contributed by atoms with Gasteiger partial charge in [-0.3, -0.25) is 0 Å². The van der Waals surface area contributed by atoms with E-state index in [0.717, 1.165) is 22.9 Å². The minimum atomic E-state index is -4.63. The van der Waals surface area contributed by atoms with E-state index in [9.17, 15) is 13.2 Å². The first-order chi connectivity index (χ1) is 13.4. The van der Waals surface area contributed by atoms with Crippen LogP contribution in [0, 0.1) is 0 Å². The Kier molecular flexibility index (Phi) is 4.48. The number of methoxy groups -OCH3 is 2. The van der Waals surface area contributed by atoms with Crippen LogP contribution >= 0.6 is 0 Å². The molecule has 1 aromatic carbocycles. The third-order valence-corrected chi connectivity index (χ3v) is 4.85. The van der Waals surface area contributed by atoms with Gasteiger partial charge in [-0.1, -0.05) is 0 Å². The van der Waals surface area contributed by atoms with Crippen molar-refractivity contribution in [2.75, 3.05) is 25.7 Å². The van der Waals surface area contributed by atoms with Crippen molar-refractivity contribution in [1.29, 1.82) is 0 Å². The molecule has 0 amide bonds. The Bertz CT molecular complexity index is 1000. The van der Waals surface area contributed by atoms with Crippen molar-refractivity contribution in [3.8, 4) is 11.5 Å². The fourth-order valence-corrected chi connectivity index (χ4v) is 3.57. The predicted molar refractivity (Wildman–Crippen MR) is 94.7 cm³/mol. The van der Waals surface area contributed by atoms with Crippen molar-refractivity contribution in [3.05, 3.63) is 41.7 Å². The van der Waals surface area contributed by atoms with Crippen LogP contribution in [0.3, 0.4) is 0 Å². The van der Waals surface area contributed by atoms with Crippen molar-refractivity contribution in [2.45, 2.75) is 25.1 Å². The lowest BCUT2D eigenvalue weighted by molar-refractivity contribution is -0.146. The Morgan fingerprint density at radius 2 is 1.89 bits per heavy atom. The van der Waals surface area contributed by atoms with Crippen LogP contribution in [0.2, 0.25) is 0 Å². The Balaban J connectivity index is 1.75. The van der Waals surface area contributed by atoms with Gasteiger partial charge in [0.2, 0.25) is 0 Å². The molecule has 0 saturated carbocycles. The van der Waals surface area contributed by atoms with Crippen LogP contribution in [-0.4, -0.2) is 40.6 Å². The van der Waals surface area contributed by atoms with Crippen molar-refractivity contribution < 1.29 is 22.6 Å². The largest absolute Gasteiger partial charge is 0.497 e. The number of hydrogen-bond acceptors (Lipinski definition) is 6. The maximum absolute atomic E-state index is 13.2. The molecule has 1 aliphatic rings. The smallest absolute Gasteiger partial charge is 0.453 e. The summed E-state index contributed by atoms with van der Waals surface area (Å²) >= 11 is 0. The number of alkyl halides is 3. The molecule has 148 valence electrons. The average Bonchev–Trinajstić information content (AvgIpc) is 3.33. The number of nitrogens with zero attached hydrogens (tertiary/aromatic N) is 5.